The van der Waals surface area contributed by atoms with Crippen LogP contribution in [0.5, 0.6) is 0 Å². The Kier molecular flexibility index (Phi) is 38.4. The van der Waals surface area contributed by atoms with Crippen molar-refractivity contribution >= 4 is 82.8 Å². The highest BCUT2D eigenvalue weighted by atomic mass is 16.5. The Labute approximate surface area is 576 Å². The Balaban J connectivity index is 4.10. The molecular formula is C68H121N13O16. The molecule has 0 radical (unpaired) electrons. The van der Waals surface area contributed by atoms with Gasteiger partial charge in [0.05, 0.1) is 6.04 Å². The van der Waals surface area contributed by atoms with Crippen LogP contribution < -0.4 is 47.9 Å². The summed E-state index contributed by atoms with van der Waals surface area (Å²) in [5.41, 5.74) is 0. The Morgan fingerprint density at radius 2 is 1.04 bits per heavy atom. The number of carbonyl (C=O) groups excluding carboxylic acids is 14. The molecule has 1 fully saturated rings. The fraction of sp³-hybridized carbons (Fsp3) is 0.794. The van der Waals surface area contributed by atoms with Gasteiger partial charge in [-0.1, -0.05) is 124 Å². The van der Waals surface area contributed by atoms with Crippen molar-refractivity contribution in [2.24, 2.45) is 47.3 Å². The SMILES string of the molecule is CCC(C)[C@H]1C(=O)NCCC(=O)N[C@H](C(C)CC)C(=O)N(C)[C@@H](C(C)C)C(=O)N(C)[C@@H](C)C(=O)NC(=O)CCN[C@H](CC(C)C)C(=O)N(C)[C@H](C(C)C)C(=O)O[C@H](C)[C@H](NC(=O)[C@@H](CC(C)C)NC(=O)[C@@H](NC(=O)COC)C(C)C)C(=O)NCCC(=O)N[C@H](CC(C)C)C(=O)N1C. The van der Waals surface area contributed by atoms with E-state index < -0.39 is 185 Å². The molecule has 29 heteroatoms. The van der Waals surface area contributed by atoms with Crippen LogP contribution in [0.2, 0.25) is 0 Å². The summed E-state index contributed by atoms with van der Waals surface area (Å²) in [4.78, 5) is 202. The summed E-state index contributed by atoms with van der Waals surface area (Å²) < 4.78 is 11.0. The van der Waals surface area contributed by atoms with Crippen molar-refractivity contribution in [3.63, 3.8) is 0 Å². The minimum absolute atomic E-state index is 0.0415. The zero-order valence-corrected chi connectivity index (χ0v) is 62.3. The zero-order chi connectivity index (χ0) is 74.6. The predicted molar refractivity (Wildman–Crippen MR) is 366 cm³/mol. The normalized spacial score (nSPS) is 24.9. The number of likely N-dealkylation sites (N-methyl/N-ethyl adjacent to an activating group) is 4. The van der Waals surface area contributed by atoms with Gasteiger partial charge in [0.15, 0.2) is 0 Å². The molecule has 554 valence electrons. The number of hydrogen-bond acceptors (Lipinski definition) is 17. The van der Waals surface area contributed by atoms with Crippen LogP contribution in [-0.4, -0.2) is 230 Å². The molecule has 0 bridgehead atoms. The molecule has 13 amide bonds. The maximum Gasteiger partial charge on any atom is 0.329 e. The maximum atomic E-state index is 14.6. The topological polar surface area (TPSA) is 379 Å². The van der Waals surface area contributed by atoms with Crippen molar-refractivity contribution in [2.75, 3.05) is 61.5 Å². The highest BCUT2D eigenvalue weighted by molar-refractivity contribution is 6.01. The molecule has 0 aromatic carbocycles. The number of rotatable bonds is 20. The maximum absolute atomic E-state index is 14.6. The number of cyclic esters (lactones) is 1. The standard InChI is InChI=1S/C68H121N13O16/c1-24-42(15)54-66(93)79(20)56(40(11)12)67(94)78(19)44(17)59(86)76-51(84)26-29-69-47(33-37(5)6)64(91)80(21)57(41(13)14)68(95)97-45(18)55(77-60(87)46(32-36(3)4)73-62(89)53(39(9)10)75-52(85)35-96-23)61(88)70-30-27-49(82)72-48(34-38(7)8)65(92)81(22)58(43(16)25-2)63(90)71-31-28-50(83)74-54/h36-48,53-58,69H,24-35H2,1-23H3,(H,70,88)(H,71,90)(H,72,82)(H,73,89)(H,74,83)(H,75,85)(H,77,87)(H,76,84,86)/t42?,43?,44-,45+,46+,47+,48+,53-,54+,55-,56-,57+,58-/m0/s1. The molecule has 0 spiro atoms. The first-order valence-corrected chi connectivity index (χ1v) is 34.5. The number of esters is 1. The van der Waals surface area contributed by atoms with E-state index in [1.165, 1.54) is 63.8 Å². The third-order valence-electron chi connectivity index (χ3n) is 17.5. The van der Waals surface area contributed by atoms with E-state index in [4.69, 9.17) is 9.47 Å². The molecule has 9 N–H and O–H groups in total. The lowest BCUT2D eigenvalue weighted by Crippen LogP contribution is -2.61. The molecule has 0 aromatic heterocycles. The smallest absolute Gasteiger partial charge is 0.329 e. The molecule has 2 unspecified atom stereocenters. The van der Waals surface area contributed by atoms with E-state index in [1.807, 2.05) is 41.5 Å². The number of amides is 13. The molecule has 0 saturated carbocycles. The predicted octanol–water partition coefficient (Wildman–Crippen LogP) is 1.53. The lowest BCUT2D eigenvalue weighted by molar-refractivity contribution is -0.163. The quantitative estimate of drug-likeness (QED) is 0.0616. The summed E-state index contributed by atoms with van der Waals surface area (Å²) in [5.74, 6) is -12.8. The number of imide groups is 1. The van der Waals surface area contributed by atoms with Crippen molar-refractivity contribution in [3.8, 4) is 0 Å². The van der Waals surface area contributed by atoms with Gasteiger partial charge in [0.2, 0.25) is 76.8 Å². The molecule has 0 aromatic rings. The Morgan fingerprint density at radius 1 is 0.546 bits per heavy atom. The number of carbonyl (C=O) groups is 14. The van der Waals surface area contributed by atoms with Crippen LogP contribution in [0.15, 0.2) is 0 Å². The lowest BCUT2D eigenvalue weighted by Gasteiger charge is -2.37. The van der Waals surface area contributed by atoms with Crippen LogP contribution in [0.25, 0.3) is 0 Å². The number of nitrogens with one attached hydrogen (secondary N) is 9. The van der Waals surface area contributed by atoms with Crippen molar-refractivity contribution in [2.45, 2.75) is 243 Å². The van der Waals surface area contributed by atoms with E-state index in [-0.39, 0.29) is 76.1 Å². The average molecular weight is 1380 g/mol. The zero-order valence-electron chi connectivity index (χ0n) is 62.3. The highest BCUT2D eigenvalue weighted by Gasteiger charge is 2.42. The van der Waals surface area contributed by atoms with Gasteiger partial charge in [-0.15, -0.1) is 0 Å². The summed E-state index contributed by atoms with van der Waals surface area (Å²) in [6.07, 6.45) is -1.22. The van der Waals surface area contributed by atoms with Gasteiger partial charge in [0.1, 0.15) is 67.1 Å². The van der Waals surface area contributed by atoms with Crippen LogP contribution in [-0.2, 0) is 76.6 Å². The first kappa shape index (κ1) is 87.7. The first-order chi connectivity index (χ1) is 45.1. The van der Waals surface area contributed by atoms with Gasteiger partial charge in [0.25, 0.3) is 0 Å². The van der Waals surface area contributed by atoms with Crippen molar-refractivity contribution < 1.29 is 76.6 Å². The van der Waals surface area contributed by atoms with E-state index in [2.05, 4.69) is 47.9 Å². The van der Waals surface area contributed by atoms with Crippen molar-refractivity contribution in [1.29, 1.82) is 0 Å². The molecule has 1 heterocycles. The van der Waals surface area contributed by atoms with Gasteiger partial charge in [-0.3, -0.25) is 67.6 Å². The summed E-state index contributed by atoms with van der Waals surface area (Å²) in [6.45, 7) is 30.1. The molecule has 97 heavy (non-hydrogen) atoms. The number of ether oxygens (including phenoxy) is 2. The first-order valence-electron chi connectivity index (χ1n) is 34.5. The summed E-state index contributed by atoms with van der Waals surface area (Å²) in [7, 11) is 6.95. The second kappa shape index (κ2) is 42.5. The van der Waals surface area contributed by atoms with Crippen molar-refractivity contribution in [1.82, 2.24) is 67.5 Å². The molecule has 1 aliphatic rings. The van der Waals surface area contributed by atoms with Gasteiger partial charge in [-0.2, -0.15) is 0 Å². The molecular weight excluding hydrogens is 1250 g/mol. The second-order valence-corrected chi connectivity index (χ2v) is 28.3. The van der Waals surface area contributed by atoms with E-state index >= 15 is 0 Å². The summed E-state index contributed by atoms with van der Waals surface area (Å²) >= 11 is 0. The summed E-state index contributed by atoms with van der Waals surface area (Å²) in [5, 5.41) is 24.4. The van der Waals surface area contributed by atoms with E-state index in [1.54, 1.807) is 69.2 Å². The van der Waals surface area contributed by atoms with E-state index in [0.29, 0.717) is 12.8 Å². The van der Waals surface area contributed by atoms with Gasteiger partial charge >= 0.3 is 5.97 Å². The second-order valence-electron chi connectivity index (χ2n) is 28.3. The Hall–Kier alpha value is -7.30. The molecule has 1 aliphatic heterocycles. The molecule has 29 nitrogen and oxygen atoms in total. The highest BCUT2D eigenvalue weighted by Crippen LogP contribution is 2.22. The monoisotopic (exact) mass is 1380 g/mol. The largest absolute Gasteiger partial charge is 0.458 e. The minimum atomic E-state index is -1.72. The lowest BCUT2D eigenvalue weighted by atomic mass is 9.94. The number of hydrogen-bond donors (Lipinski definition) is 9. The third-order valence-corrected chi connectivity index (χ3v) is 17.5. The minimum Gasteiger partial charge on any atom is -0.458 e. The summed E-state index contributed by atoms with van der Waals surface area (Å²) in [6, 6.07) is -12.2. The molecule has 1 saturated heterocycles. The van der Waals surface area contributed by atoms with Crippen LogP contribution in [0.1, 0.15) is 176 Å². The van der Waals surface area contributed by atoms with Crippen molar-refractivity contribution in [3.05, 3.63) is 0 Å². The van der Waals surface area contributed by atoms with Crippen LogP contribution in [0, 0.1) is 47.3 Å². The fourth-order valence-corrected chi connectivity index (χ4v) is 11.4. The van der Waals surface area contributed by atoms with Crippen LogP contribution >= 0.6 is 0 Å². The number of methoxy groups -OCH3 is 1. The van der Waals surface area contributed by atoms with Gasteiger partial charge in [0, 0.05) is 74.2 Å². The molecule has 1 rings (SSSR count). The fourth-order valence-electron chi connectivity index (χ4n) is 11.4. The van der Waals surface area contributed by atoms with Crippen LogP contribution in [0.3, 0.4) is 0 Å². The molecule has 13 atom stereocenters. The van der Waals surface area contributed by atoms with Crippen LogP contribution in [0.4, 0.5) is 0 Å². The molecule has 0 aliphatic carbocycles. The van der Waals surface area contributed by atoms with Gasteiger partial charge in [-0.05, 0) is 80.5 Å². The van der Waals surface area contributed by atoms with Gasteiger partial charge < -0.3 is 71.6 Å². The average Bonchev–Trinajstić information content (AvgIpc) is 0.836. The Morgan fingerprint density at radius 3 is 1.55 bits per heavy atom. The Bertz CT molecular complexity index is 2670. The third kappa shape index (κ3) is 28.2. The number of nitrogens with zero attached hydrogens (tertiary/aromatic N) is 4. The van der Waals surface area contributed by atoms with E-state index in [9.17, 15) is 67.1 Å². The van der Waals surface area contributed by atoms with Gasteiger partial charge in [-0.25, -0.2) is 4.79 Å². The van der Waals surface area contributed by atoms with E-state index in [0.717, 1.165) is 4.90 Å².